The van der Waals surface area contributed by atoms with Gasteiger partial charge in [-0.2, -0.15) is 0 Å². The summed E-state index contributed by atoms with van der Waals surface area (Å²) < 4.78 is 2.63. The van der Waals surface area contributed by atoms with E-state index in [1.807, 2.05) is 11.3 Å². The first-order valence-corrected chi connectivity index (χ1v) is 19.2. The van der Waals surface area contributed by atoms with Crippen molar-refractivity contribution in [2.24, 2.45) is 0 Å². The van der Waals surface area contributed by atoms with Gasteiger partial charge in [0.1, 0.15) is 0 Å². The average Bonchev–Trinajstić information content (AvgIpc) is 3.63. The normalized spacial score (nSPS) is 11.3. The van der Waals surface area contributed by atoms with Crippen molar-refractivity contribution in [2.75, 3.05) is 4.90 Å². The minimum atomic E-state index is 1.10. The predicted octanol–water partition coefficient (Wildman–Crippen LogP) is 15.3. The number of hydrogen-bond donors (Lipinski definition) is 0. The van der Waals surface area contributed by atoms with Gasteiger partial charge in [-0.05, 0) is 104 Å². The monoisotopic (exact) mass is 705 g/mol. The molecule has 0 unspecified atom stereocenters. The van der Waals surface area contributed by atoms with Crippen molar-refractivity contribution in [2.45, 2.75) is 0 Å². The number of anilines is 3. The number of fused-ring (bicyclic) bond motifs is 4. The van der Waals surface area contributed by atoms with E-state index in [2.05, 4.69) is 217 Å². The van der Waals surface area contributed by atoms with E-state index < -0.39 is 0 Å². The highest BCUT2D eigenvalue weighted by molar-refractivity contribution is 7.25. The van der Waals surface area contributed by atoms with Gasteiger partial charge in [0.05, 0.1) is 5.69 Å². The predicted molar refractivity (Wildman–Crippen MR) is 233 cm³/mol. The molecule has 1 nitrogen and oxygen atoms in total. The fraction of sp³-hybridized carbons (Fsp3) is 0. The van der Waals surface area contributed by atoms with Crippen molar-refractivity contribution in [3.8, 4) is 44.5 Å². The Morgan fingerprint density at radius 3 is 1.70 bits per heavy atom. The van der Waals surface area contributed by atoms with Crippen LogP contribution in [0.2, 0.25) is 0 Å². The molecule has 0 saturated heterocycles. The topological polar surface area (TPSA) is 3.24 Å². The summed E-state index contributed by atoms with van der Waals surface area (Å²) in [6.07, 6.45) is 0. The lowest BCUT2D eigenvalue weighted by molar-refractivity contribution is 1.28. The summed E-state index contributed by atoms with van der Waals surface area (Å²) in [5.41, 5.74) is 12.9. The van der Waals surface area contributed by atoms with Crippen LogP contribution in [-0.4, -0.2) is 0 Å². The molecule has 10 rings (SSSR count). The summed E-state index contributed by atoms with van der Waals surface area (Å²) in [6.45, 7) is 0. The standard InChI is InChI=1S/C52H35NS/c1-2-11-36(12-3-1)38-27-30-45(31-28-38)53(50-19-8-6-17-47(50)44-29-32-52-49(35-44)48-18-7-9-20-51(48)54-52)46-16-10-15-42(34-46)39-21-23-40(24-22-39)43-26-25-37-13-4-5-14-41(37)33-43/h1-35H. The van der Waals surface area contributed by atoms with Crippen LogP contribution in [0.25, 0.3) is 75.5 Å². The highest BCUT2D eigenvalue weighted by Gasteiger charge is 2.19. The number of thiophene rings is 1. The van der Waals surface area contributed by atoms with Crippen LogP contribution in [0, 0.1) is 0 Å². The third kappa shape index (κ3) is 5.93. The van der Waals surface area contributed by atoms with Gasteiger partial charge in [0.15, 0.2) is 0 Å². The lowest BCUT2D eigenvalue weighted by Crippen LogP contribution is -2.11. The number of hydrogen-bond acceptors (Lipinski definition) is 2. The SMILES string of the molecule is c1ccc(-c2ccc(N(c3cccc(-c4ccc(-c5ccc6ccccc6c5)cc4)c3)c3ccccc3-c3ccc4sc5ccccc5c4c3)cc2)cc1. The molecule has 0 aliphatic rings. The molecule has 1 heterocycles. The number of nitrogens with zero attached hydrogens (tertiary/aromatic N) is 1. The third-order valence-electron chi connectivity index (χ3n) is 10.5. The highest BCUT2D eigenvalue weighted by atomic mass is 32.1. The third-order valence-corrected chi connectivity index (χ3v) is 11.6. The van der Waals surface area contributed by atoms with Crippen LogP contribution in [0.5, 0.6) is 0 Å². The van der Waals surface area contributed by atoms with Crippen LogP contribution in [-0.2, 0) is 0 Å². The van der Waals surface area contributed by atoms with E-state index >= 15 is 0 Å². The molecule has 0 bridgehead atoms. The Morgan fingerprint density at radius 2 is 0.870 bits per heavy atom. The summed E-state index contributed by atoms with van der Waals surface area (Å²) in [7, 11) is 0. The second-order valence-corrected chi connectivity index (χ2v) is 14.8. The van der Waals surface area contributed by atoms with Crippen molar-refractivity contribution in [1.82, 2.24) is 0 Å². The Bertz CT molecular complexity index is 2920. The van der Waals surface area contributed by atoms with Gasteiger partial charge in [-0.1, -0.05) is 158 Å². The van der Waals surface area contributed by atoms with Crippen molar-refractivity contribution >= 4 is 59.3 Å². The zero-order chi connectivity index (χ0) is 35.8. The molecule has 10 aromatic rings. The molecule has 0 aliphatic carbocycles. The Balaban J connectivity index is 1.07. The number of benzene rings is 9. The molecule has 0 aliphatic heterocycles. The molecule has 2 heteroatoms. The van der Waals surface area contributed by atoms with E-state index in [1.54, 1.807) is 0 Å². The maximum atomic E-state index is 2.41. The fourth-order valence-corrected chi connectivity index (χ4v) is 8.80. The Morgan fingerprint density at radius 1 is 0.296 bits per heavy atom. The van der Waals surface area contributed by atoms with Crippen molar-refractivity contribution in [3.63, 3.8) is 0 Å². The van der Waals surface area contributed by atoms with Crippen molar-refractivity contribution in [1.29, 1.82) is 0 Å². The maximum absolute atomic E-state index is 2.41. The molecular formula is C52H35NS. The van der Waals surface area contributed by atoms with Crippen molar-refractivity contribution in [3.05, 3.63) is 212 Å². The van der Waals surface area contributed by atoms with Gasteiger partial charge in [0.2, 0.25) is 0 Å². The summed E-state index contributed by atoms with van der Waals surface area (Å²) in [4.78, 5) is 2.41. The first kappa shape index (κ1) is 32.0. The first-order valence-electron chi connectivity index (χ1n) is 18.4. The van der Waals surface area contributed by atoms with Crippen LogP contribution in [0.4, 0.5) is 17.1 Å². The van der Waals surface area contributed by atoms with Gasteiger partial charge in [0, 0.05) is 37.1 Å². The van der Waals surface area contributed by atoms with E-state index in [4.69, 9.17) is 0 Å². The van der Waals surface area contributed by atoms with Crippen LogP contribution in [0.1, 0.15) is 0 Å². The summed E-state index contributed by atoms with van der Waals surface area (Å²) in [5, 5.41) is 5.13. The van der Waals surface area contributed by atoms with Crippen LogP contribution in [0.3, 0.4) is 0 Å². The smallest absolute Gasteiger partial charge is 0.0540 e. The average molecular weight is 706 g/mol. The van der Waals surface area contributed by atoms with Crippen molar-refractivity contribution < 1.29 is 0 Å². The molecule has 0 N–H and O–H groups in total. The molecule has 0 saturated carbocycles. The molecular weight excluding hydrogens is 671 g/mol. The van der Waals surface area contributed by atoms with Crippen LogP contribution in [0.15, 0.2) is 212 Å². The lowest BCUT2D eigenvalue weighted by Gasteiger charge is -2.28. The Kier molecular flexibility index (Phi) is 8.09. The maximum Gasteiger partial charge on any atom is 0.0540 e. The molecule has 1 aromatic heterocycles. The molecule has 0 fully saturated rings. The minimum Gasteiger partial charge on any atom is -0.310 e. The summed E-state index contributed by atoms with van der Waals surface area (Å²) >= 11 is 1.86. The molecule has 0 amide bonds. The number of rotatable bonds is 7. The van der Waals surface area contributed by atoms with Gasteiger partial charge in [-0.25, -0.2) is 0 Å². The molecule has 54 heavy (non-hydrogen) atoms. The minimum absolute atomic E-state index is 1.10. The lowest BCUT2D eigenvalue weighted by atomic mass is 9.97. The van der Waals surface area contributed by atoms with Crippen LogP contribution >= 0.6 is 11.3 Å². The number of para-hydroxylation sites is 1. The zero-order valence-corrected chi connectivity index (χ0v) is 30.4. The molecule has 9 aromatic carbocycles. The van der Waals surface area contributed by atoms with Gasteiger partial charge in [-0.15, -0.1) is 11.3 Å². The highest BCUT2D eigenvalue weighted by Crippen LogP contribution is 2.44. The molecule has 0 radical (unpaired) electrons. The van der Waals surface area contributed by atoms with E-state index in [1.165, 1.54) is 75.5 Å². The summed E-state index contributed by atoms with van der Waals surface area (Å²) in [6, 6.07) is 77.2. The summed E-state index contributed by atoms with van der Waals surface area (Å²) in [5.74, 6) is 0. The van der Waals surface area contributed by atoms with Crippen LogP contribution < -0.4 is 4.90 Å². The van der Waals surface area contributed by atoms with E-state index in [9.17, 15) is 0 Å². The van der Waals surface area contributed by atoms with Gasteiger partial charge < -0.3 is 4.90 Å². The van der Waals surface area contributed by atoms with E-state index in [0.29, 0.717) is 0 Å². The second kappa shape index (κ2) is 13.7. The van der Waals surface area contributed by atoms with Gasteiger partial charge >= 0.3 is 0 Å². The zero-order valence-electron chi connectivity index (χ0n) is 29.6. The molecule has 0 spiro atoms. The first-order chi connectivity index (χ1) is 26.7. The van der Waals surface area contributed by atoms with E-state index in [-0.39, 0.29) is 0 Å². The molecule has 254 valence electrons. The fourth-order valence-electron chi connectivity index (χ4n) is 7.72. The second-order valence-electron chi connectivity index (χ2n) is 13.8. The van der Waals surface area contributed by atoms with Gasteiger partial charge in [-0.3, -0.25) is 0 Å². The quantitative estimate of drug-likeness (QED) is 0.160. The van der Waals surface area contributed by atoms with E-state index in [0.717, 1.165) is 17.1 Å². The molecule has 0 atom stereocenters. The Labute approximate surface area is 319 Å². The largest absolute Gasteiger partial charge is 0.310 e. The van der Waals surface area contributed by atoms with Gasteiger partial charge in [0.25, 0.3) is 0 Å². The Hall–Kier alpha value is -6.74.